The summed E-state index contributed by atoms with van der Waals surface area (Å²) >= 11 is 0. The Labute approximate surface area is 182 Å². The van der Waals surface area contributed by atoms with E-state index in [0.29, 0.717) is 23.8 Å². The number of likely N-dealkylation sites (tertiary alicyclic amines) is 1. The number of hydrogen-bond acceptors (Lipinski definition) is 2. The van der Waals surface area contributed by atoms with Crippen molar-refractivity contribution in [2.45, 2.75) is 25.8 Å². The summed E-state index contributed by atoms with van der Waals surface area (Å²) in [6.45, 7) is 3.33. The first-order valence-corrected chi connectivity index (χ1v) is 10.7. The molecular formula is C25H29N4O2+. The van der Waals surface area contributed by atoms with Crippen molar-refractivity contribution in [3.05, 3.63) is 83.7 Å². The van der Waals surface area contributed by atoms with Crippen LogP contribution < -0.4 is 15.5 Å². The number of para-hydroxylation sites is 1. The smallest absolute Gasteiger partial charge is 0.279 e. The van der Waals surface area contributed by atoms with Crippen molar-refractivity contribution in [2.24, 2.45) is 7.05 Å². The van der Waals surface area contributed by atoms with Crippen molar-refractivity contribution in [1.82, 2.24) is 4.57 Å². The summed E-state index contributed by atoms with van der Waals surface area (Å²) in [6.07, 6.45) is 4.23. The Bertz CT molecular complexity index is 1090. The molecule has 1 aliphatic heterocycles. The molecule has 0 bridgehead atoms. The first-order chi connectivity index (χ1) is 15.0. The van der Waals surface area contributed by atoms with Gasteiger partial charge in [0.25, 0.3) is 11.8 Å². The summed E-state index contributed by atoms with van der Waals surface area (Å²) in [6, 6.07) is 19.3. The number of aryl methyl sites for hydroxylation is 2. The van der Waals surface area contributed by atoms with Crippen LogP contribution in [0.25, 0.3) is 0 Å². The molecule has 3 aromatic rings. The normalized spacial score (nSPS) is 18.0. The SMILES string of the molecule is Cc1cccc(NC(=O)c2ccccc2NC(=O)C[NH+]2CCC[C@@H]2c2cccn2C)c1. The first-order valence-electron chi connectivity index (χ1n) is 10.7. The van der Waals surface area contributed by atoms with Gasteiger partial charge in [-0.05, 0) is 48.9 Å². The topological polar surface area (TPSA) is 67.6 Å². The Morgan fingerprint density at radius 2 is 1.90 bits per heavy atom. The van der Waals surface area contributed by atoms with E-state index in [0.717, 1.165) is 30.6 Å². The zero-order valence-electron chi connectivity index (χ0n) is 18.0. The predicted octanol–water partition coefficient (Wildman–Crippen LogP) is 2.94. The Morgan fingerprint density at radius 3 is 2.68 bits per heavy atom. The van der Waals surface area contributed by atoms with E-state index < -0.39 is 0 Å². The van der Waals surface area contributed by atoms with Crippen molar-refractivity contribution in [3.8, 4) is 0 Å². The predicted molar refractivity (Wildman–Crippen MR) is 122 cm³/mol. The number of carbonyl (C=O) groups excluding carboxylic acids is 2. The summed E-state index contributed by atoms with van der Waals surface area (Å²) in [4.78, 5) is 27.0. The molecule has 2 heterocycles. The van der Waals surface area contributed by atoms with Gasteiger partial charge >= 0.3 is 0 Å². The zero-order chi connectivity index (χ0) is 21.8. The Balaban J connectivity index is 1.44. The van der Waals surface area contributed by atoms with Crippen LogP contribution in [0.5, 0.6) is 0 Å². The highest BCUT2D eigenvalue weighted by molar-refractivity contribution is 6.10. The van der Waals surface area contributed by atoms with Gasteiger partial charge in [0.1, 0.15) is 6.04 Å². The summed E-state index contributed by atoms with van der Waals surface area (Å²) in [5, 5.41) is 5.89. The third-order valence-electron chi connectivity index (χ3n) is 5.93. The highest BCUT2D eigenvalue weighted by Gasteiger charge is 2.33. The van der Waals surface area contributed by atoms with E-state index >= 15 is 0 Å². The van der Waals surface area contributed by atoms with E-state index in [4.69, 9.17) is 0 Å². The molecular weight excluding hydrogens is 388 g/mol. The molecule has 1 saturated heterocycles. The zero-order valence-corrected chi connectivity index (χ0v) is 18.0. The molecule has 0 aliphatic carbocycles. The van der Waals surface area contributed by atoms with Gasteiger partial charge in [0.05, 0.1) is 23.5 Å². The second-order valence-electron chi connectivity index (χ2n) is 8.24. The minimum absolute atomic E-state index is 0.0769. The molecule has 2 amide bonds. The van der Waals surface area contributed by atoms with E-state index in [2.05, 4.69) is 40.6 Å². The van der Waals surface area contributed by atoms with Gasteiger partial charge in [0.2, 0.25) is 0 Å². The lowest BCUT2D eigenvalue weighted by atomic mass is 10.1. The molecule has 4 rings (SSSR count). The Morgan fingerprint density at radius 1 is 1.06 bits per heavy atom. The van der Waals surface area contributed by atoms with Gasteiger partial charge in [-0.2, -0.15) is 0 Å². The summed E-state index contributed by atoms with van der Waals surface area (Å²) in [7, 11) is 2.05. The van der Waals surface area contributed by atoms with Crippen LogP contribution in [0.2, 0.25) is 0 Å². The maximum atomic E-state index is 12.9. The van der Waals surface area contributed by atoms with E-state index in [1.807, 2.05) is 37.3 Å². The van der Waals surface area contributed by atoms with Crippen molar-refractivity contribution in [1.29, 1.82) is 0 Å². The molecule has 1 unspecified atom stereocenters. The summed E-state index contributed by atoms with van der Waals surface area (Å²) in [5.41, 5.74) is 4.05. The van der Waals surface area contributed by atoms with Crippen LogP contribution in [0.15, 0.2) is 66.9 Å². The molecule has 1 aliphatic rings. The highest BCUT2D eigenvalue weighted by Crippen LogP contribution is 2.20. The number of nitrogens with zero attached hydrogens (tertiary/aromatic N) is 1. The largest absolute Gasteiger partial charge is 0.350 e. The molecule has 1 fully saturated rings. The Hall–Kier alpha value is -3.38. The number of nitrogens with one attached hydrogen (secondary N) is 3. The van der Waals surface area contributed by atoms with Crippen molar-refractivity contribution in [2.75, 3.05) is 23.7 Å². The quantitative estimate of drug-likeness (QED) is 0.577. The van der Waals surface area contributed by atoms with Crippen LogP contribution in [-0.2, 0) is 11.8 Å². The number of benzene rings is 2. The third kappa shape index (κ3) is 4.86. The second kappa shape index (κ2) is 9.18. The molecule has 0 spiro atoms. The van der Waals surface area contributed by atoms with Crippen LogP contribution in [0, 0.1) is 6.92 Å². The Kier molecular flexibility index (Phi) is 6.18. The van der Waals surface area contributed by atoms with E-state index in [-0.39, 0.29) is 11.8 Å². The number of amides is 2. The standard InChI is InChI=1S/C25H28N4O2/c1-18-8-5-9-19(16-18)26-25(31)20-10-3-4-11-21(20)27-24(30)17-29-15-7-13-23(29)22-12-6-14-28(22)2/h3-6,8-12,14,16,23H,7,13,15,17H2,1-2H3,(H,26,31)(H,27,30)/p+1/t23-/m1/s1. The highest BCUT2D eigenvalue weighted by atomic mass is 16.2. The molecule has 2 atom stereocenters. The lowest BCUT2D eigenvalue weighted by Gasteiger charge is -2.22. The van der Waals surface area contributed by atoms with Crippen molar-refractivity contribution >= 4 is 23.2 Å². The summed E-state index contributed by atoms with van der Waals surface area (Å²) in [5.74, 6) is -0.316. The lowest BCUT2D eigenvalue weighted by molar-refractivity contribution is -0.910. The van der Waals surface area contributed by atoms with Gasteiger partial charge in [0, 0.05) is 31.8 Å². The van der Waals surface area contributed by atoms with Crippen LogP contribution in [-0.4, -0.2) is 29.5 Å². The fourth-order valence-electron chi connectivity index (χ4n) is 4.43. The second-order valence-corrected chi connectivity index (χ2v) is 8.24. The van der Waals surface area contributed by atoms with Gasteiger partial charge < -0.3 is 20.1 Å². The maximum absolute atomic E-state index is 12.9. The molecule has 3 N–H and O–H groups in total. The number of rotatable bonds is 6. The van der Waals surface area contributed by atoms with Gasteiger partial charge in [-0.25, -0.2) is 0 Å². The van der Waals surface area contributed by atoms with E-state index in [1.165, 1.54) is 10.6 Å². The maximum Gasteiger partial charge on any atom is 0.279 e. The average molecular weight is 418 g/mol. The molecule has 6 heteroatoms. The molecule has 6 nitrogen and oxygen atoms in total. The first kappa shape index (κ1) is 20.9. The van der Waals surface area contributed by atoms with Gasteiger partial charge in [-0.3, -0.25) is 9.59 Å². The lowest BCUT2D eigenvalue weighted by Crippen LogP contribution is -3.11. The van der Waals surface area contributed by atoms with Crippen molar-refractivity contribution < 1.29 is 14.5 Å². The molecule has 31 heavy (non-hydrogen) atoms. The van der Waals surface area contributed by atoms with E-state index in [9.17, 15) is 9.59 Å². The van der Waals surface area contributed by atoms with Crippen LogP contribution in [0.1, 0.15) is 40.5 Å². The van der Waals surface area contributed by atoms with Crippen LogP contribution in [0.4, 0.5) is 11.4 Å². The molecule has 1 aromatic heterocycles. The van der Waals surface area contributed by atoms with Crippen LogP contribution in [0.3, 0.4) is 0 Å². The summed E-state index contributed by atoms with van der Waals surface area (Å²) < 4.78 is 2.14. The molecule has 2 aromatic carbocycles. The van der Waals surface area contributed by atoms with Gasteiger partial charge in [-0.15, -0.1) is 0 Å². The molecule has 160 valence electrons. The monoisotopic (exact) mass is 417 g/mol. The van der Waals surface area contributed by atoms with Gasteiger partial charge in [-0.1, -0.05) is 24.3 Å². The molecule has 0 radical (unpaired) electrons. The minimum atomic E-state index is -0.239. The van der Waals surface area contributed by atoms with E-state index in [1.54, 1.807) is 18.2 Å². The number of carbonyl (C=O) groups is 2. The third-order valence-corrected chi connectivity index (χ3v) is 5.93. The minimum Gasteiger partial charge on any atom is -0.350 e. The number of aromatic nitrogens is 1. The fourth-order valence-corrected chi connectivity index (χ4v) is 4.43. The average Bonchev–Trinajstić information content (AvgIpc) is 3.36. The van der Waals surface area contributed by atoms with Crippen LogP contribution >= 0.6 is 0 Å². The number of anilines is 2. The van der Waals surface area contributed by atoms with Gasteiger partial charge in [0.15, 0.2) is 6.54 Å². The number of quaternary nitrogens is 1. The fraction of sp³-hybridized carbons (Fsp3) is 0.280. The molecule has 0 saturated carbocycles. The number of hydrogen-bond donors (Lipinski definition) is 3. The van der Waals surface area contributed by atoms with Crippen molar-refractivity contribution in [3.63, 3.8) is 0 Å².